The number of aromatic carboxylic acids is 3. The maximum absolute atomic E-state index is 11.9. The number of carbonyl (C=O) groups is 3. The van der Waals surface area contributed by atoms with E-state index in [0.29, 0.717) is 34.1 Å². The normalized spacial score (nSPS) is 10.5. The van der Waals surface area contributed by atoms with Crippen LogP contribution in [0.5, 0.6) is 0 Å². The zero-order chi connectivity index (χ0) is 28.3. The second-order valence-electron chi connectivity index (χ2n) is 9.24. The Kier molecular flexibility index (Phi) is 7.53. The van der Waals surface area contributed by atoms with Crippen LogP contribution < -0.4 is 16.0 Å². The molecule has 0 aliphatic heterocycles. The minimum Gasteiger partial charge on any atom is -0.478 e. The maximum Gasteiger partial charge on any atom is 0.337 e. The van der Waals surface area contributed by atoms with Gasteiger partial charge in [0.15, 0.2) is 0 Å². The highest BCUT2D eigenvalue weighted by Crippen LogP contribution is 2.33. The van der Waals surface area contributed by atoms with Crippen LogP contribution in [0, 0.1) is 20.8 Å². The Morgan fingerprint density at radius 1 is 0.462 bits per heavy atom. The topological polar surface area (TPSA) is 148 Å². The average Bonchev–Trinajstić information content (AvgIpc) is 2.87. The molecule has 4 aromatic carbocycles. The van der Waals surface area contributed by atoms with Crippen LogP contribution >= 0.6 is 0 Å². The third-order valence-corrected chi connectivity index (χ3v) is 5.99. The molecule has 9 heteroatoms. The van der Waals surface area contributed by atoms with Gasteiger partial charge in [-0.1, -0.05) is 34.9 Å². The van der Waals surface area contributed by atoms with Crippen molar-refractivity contribution in [3.8, 4) is 0 Å². The van der Waals surface area contributed by atoms with Crippen LogP contribution in [0.3, 0.4) is 0 Å². The van der Waals surface area contributed by atoms with E-state index < -0.39 is 17.9 Å². The molecule has 0 aliphatic rings. The van der Waals surface area contributed by atoms with Crippen molar-refractivity contribution < 1.29 is 29.7 Å². The SMILES string of the molecule is Cc1ccc(Nc2cc(Nc3ccc(C)cc3C(=O)O)cc(Nc3ccc(C)cc3C(=O)O)c2)c(C(=O)O)c1. The van der Waals surface area contributed by atoms with E-state index in [1.54, 1.807) is 93.6 Å². The fourth-order valence-electron chi connectivity index (χ4n) is 4.14. The van der Waals surface area contributed by atoms with Crippen LogP contribution in [0.1, 0.15) is 47.8 Å². The van der Waals surface area contributed by atoms with Crippen LogP contribution in [0.4, 0.5) is 34.1 Å². The highest BCUT2D eigenvalue weighted by atomic mass is 16.4. The largest absolute Gasteiger partial charge is 0.478 e. The van der Waals surface area contributed by atoms with Crippen molar-refractivity contribution in [3.05, 3.63) is 106 Å². The summed E-state index contributed by atoms with van der Waals surface area (Å²) in [5.74, 6) is -3.28. The molecule has 4 rings (SSSR count). The van der Waals surface area contributed by atoms with Crippen LogP contribution in [0.25, 0.3) is 0 Å². The van der Waals surface area contributed by atoms with Crippen molar-refractivity contribution in [2.75, 3.05) is 16.0 Å². The summed E-state index contributed by atoms with van der Waals surface area (Å²) in [6, 6.07) is 20.1. The molecule has 0 aliphatic carbocycles. The molecule has 0 saturated carbocycles. The standard InChI is InChI=1S/C30H27N3O6/c1-16-4-7-25(22(10-16)28(34)35)31-19-13-20(32-26-8-5-17(2)11-23(26)29(36)37)15-21(14-19)33-27-9-6-18(3)12-24(27)30(38)39/h4-15,31-33H,1-3H3,(H,34,35)(H,36,37)(H,38,39). The van der Waals surface area contributed by atoms with Crippen molar-refractivity contribution in [1.82, 2.24) is 0 Å². The van der Waals surface area contributed by atoms with Gasteiger partial charge in [0.2, 0.25) is 0 Å². The fourth-order valence-corrected chi connectivity index (χ4v) is 4.14. The number of benzene rings is 4. The van der Waals surface area contributed by atoms with E-state index in [1.165, 1.54) is 0 Å². The van der Waals surface area contributed by atoms with Gasteiger partial charge in [-0.05, 0) is 75.4 Å². The number of nitrogens with one attached hydrogen (secondary N) is 3. The molecular weight excluding hydrogens is 498 g/mol. The van der Waals surface area contributed by atoms with Gasteiger partial charge in [-0.15, -0.1) is 0 Å². The molecule has 4 aromatic rings. The van der Waals surface area contributed by atoms with Gasteiger partial charge in [-0.2, -0.15) is 0 Å². The molecule has 0 radical (unpaired) electrons. The number of anilines is 6. The summed E-state index contributed by atoms with van der Waals surface area (Å²) in [6.07, 6.45) is 0. The lowest BCUT2D eigenvalue weighted by Crippen LogP contribution is -2.06. The minimum absolute atomic E-state index is 0.0845. The highest BCUT2D eigenvalue weighted by Gasteiger charge is 2.15. The molecule has 0 amide bonds. The van der Waals surface area contributed by atoms with Gasteiger partial charge in [-0.3, -0.25) is 0 Å². The van der Waals surface area contributed by atoms with Crippen LogP contribution in [0.2, 0.25) is 0 Å². The van der Waals surface area contributed by atoms with Crippen molar-refractivity contribution in [2.24, 2.45) is 0 Å². The molecule has 0 unspecified atom stereocenters. The molecule has 39 heavy (non-hydrogen) atoms. The van der Waals surface area contributed by atoms with E-state index in [2.05, 4.69) is 16.0 Å². The van der Waals surface area contributed by atoms with E-state index in [4.69, 9.17) is 0 Å². The minimum atomic E-state index is -1.09. The van der Waals surface area contributed by atoms with Gasteiger partial charge in [0.25, 0.3) is 0 Å². The summed E-state index contributed by atoms with van der Waals surface area (Å²) in [7, 11) is 0. The molecule has 198 valence electrons. The molecule has 0 atom stereocenters. The summed E-state index contributed by atoms with van der Waals surface area (Å²) in [6.45, 7) is 5.39. The second-order valence-corrected chi connectivity index (χ2v) is 9.24. The molecule has 0 fully saturated rings. The number of hydrogen-bond donors (Lipinski definition) is 6. The zero-order valence-electron chi connectivity index (χ0n) is 21.5. The zero-order valence-corrected chi connectivity index (χ0v) is 21.5. The van der Waals surface area contributed by atoms with Gasteiger partial charge in [0.1, 0.15) is 0 Å². The predicted octanol–water partition coefficient (Wildman–Crippen LogP) is 6.94. The lowest BCUT2D eigenvalue weighted by molar-refractivity contribution is 0.0687. The Morgan fingerprint density at radius 2 is 0.718 bits per heavy atom. The summed E-state index contributed by atoms with van der Waals surface area (Å²) in [5, 5.41) is 38.5. The third-order valence-electron chi connectivity index (χ3n) is 5.99. The summed E-state index contributed by atoms with van der Waals surface area (Å²) >= 11 is 0. The molecule has 0 aromatic heterocycles. The Hall–Kier alpha value is -5.31. The quantitative estimate of drug-likeness (QED) is 0.137. The maximum atomic E-state index is 11.9. The Labute approximate surface area is 224 Å². The van der Waals surface area contributed by atoms with Crippen molar-refractivity contribution in [1.29, 1.82) is 0 Å². The smallest absolute Gasteiger partial charge is 0.337 e. The highest BCUT2D eigenvalue weighted by molar-refractivity contribution is 5.98. The first-order valence-electron chi connectivity index (χ1n) is 12.0. The van der Waals surface area contributed by atoms with E-state index in [-0.39, 0.29) is 16.7 Å². The lowest BCUT2D eigenvalue weighted by atomic mass is 10.1. The Morgan fingerprint density at radius 3 is 0.949 bits per heavy atom. The van der Waals surface area contributed by atoms with E-state index in [1.807, 2.05) is 0 Å². The van der Waals surface area contributed by atoms with Crippen molar-refractivity contribution in [2.45, 2.75) is 20.8 Å². The molecule has 0 saturated heterocycles. The number of carboxylic acid groups (broad SMARTS) is 3. The first-order valence-corrected chi connectivity index (χ1v) is 12.0. The van der Waals surface area contributed by atoms with Crippen molar-refractivity contribution >= 4 is 52.0 Å². The molecule has 9 nitrogen and oxygen atoms in total. The summed E-state index contributed by atoms with van der Waals surface area (Å²) in [5.41, 5.74) is 5.16. The number of aryl methyl sites for hydroxylation is 3. The van der Waals surface area contributed by atoms with Gasteiger partial charge in [0.05, 0.1) is 33.8 Å². The number of rotatable bonds is 9. The second kappa shape index (κ2) is 11.0. The van der Waals surface area contributed by atoms with Crippen LogP contribution in [0.15, 0.2) is 72.8 Å². The number of hydrogen-bond acceptors (Lipinski definition) is 6. The van der Waals surface area contributed by atoms with Gasteiger partial charge >= 0.3 is 17.9 Å². The molecule has 0 heterocycles. The Balaban J connectivity index is 1.80. The Bertz CT molecular complexity index is 1410. The first kappa shape index (κ1) is 26.7. The van der Waals surface area contributed by atoms with Crippen LogP contribution in [-0.2, 0) is 0 Å². The lowest BCUT2D eigenvalue weighted by Gasteiger charge is -2.17. The molecule has 6 N–H and O–H groups in total. The summed E-state index contributed by atoms with van der Waals surface area (Å²) < 4.78 is 0. The van der Waals surface area contributed by atoms with Crippen LogP contribution in [-0.4, -0.2) is 33.2 Å². The van der Waals surface area contributed by atoms with E-state index >= 15 is 0 Å². The number of carboxylic acids is 3. The molecule has 0 bridgehead atoms. The third kappa shape index (κ3) is 6.34. The molecular formula is C30H27N3O6. The van der Waals surface area contributed by atoms with Gasteiger partial charge in [-0.25, -0.2) is 14.4 Å². The monoisotopic (exact) mass is 525 g/mol. The summed E-state index contributed by atoms with van der Waals surface area (Å²) in [4.78, 5) is 35.6. The van der Waals surface area contributed by atoms with Gasteiger partial charge in [0, 0.05) is 17.1 Å². The first-order chi connectivity index (χ1) is 18.5. The molecule has 0 spiro atoms. The van der Waals surface area contributed by atoms with E-state index in [9.17, 15) is 29.7 Å². The average molecular weight is 526 g/mol. The van der Waals surface area contributed by atoms with E-state index in [0.717, 1.165) is 16.7 Å². The van der Waals surface area contributed by atoms with Crippen molar-refractivity contribution in [3.63, 3.8) is 0 Å². The fraction of sp³-hybridized carbons (Fsp3) is 0.100. The van der Waals surface area contributed by atoms with Gasteiger partial charge < -0.3 is 31.3 Å². The predicted molar refractivity (Wildman–Crippen MR) is 151 cm³/mol.